The van der Waals surface area contributed by atoms with E-state index < -0.39 is 10.7 Å². The molecular formula is C16H13NO5. The van der Waals surface area contributed by atoms with Crippen LogP contribution in [-0.4, -0.2) is 22.9 Å². The van der Waals surface area contributed by atoms with E-state index in [0.29, 0.717) is 11.3 Å². The number of phenols is 1. The molecule has 2 aromatic carbocycles. The first kappa shape index (κ1) is 15.2. The van der Waals surface area contributed by atoms with Gasteiger partial charge in [-0.15, -0.1) is 0 Å². The summed E-state index contributed by atoms with van der Waals surface area (Å²) >= 11 is 0. The maximum absolute atomic E-state index is 12.0. The number of aromatic hydroxyl groups is 1. The molecule has 6 heteroatoms. The molecule has 0 spiro atoms. The van der Waals surface area contributed by atoms with E-state index in [1.165, 1.54) is 49.6 Å². The highest BCUT2D eigenvalue weighted by molar-refractivity contribution is 6.08. The summed E-state index contributed by atoms with van der Waals surface area (Å²) in [5.74, 6) is -0.156. The minimum atomic E-state index is -0.505. The van der Waals surface area contributed by atoms with Gasteiger partial charge in [0.05, 0.1) is 17.6 Å². The van der Waals surface area contributed by atoms with E-state index in [0.717, 1.165) is 0 Å². The van der Waals surface area contributed by atoms with Crippen molar-refractivity contribution in [3.05, 3.63) is 69.8 Å². The number of hydrogen-bond acceptors (Lipinski definition) is 5. The molecule has 1 N–H and O–H groups in total. The highest BCUT2D eigenvalue weighted by Crippen LogP contribution is 2.24. The van der Waals surface area contributed by atoms with E-state index in [1.54, 1.807) is 12.1 Å². The van der Waals surface area contributed by atoms with Crippen LogP contribution in [0.5, 0.6) is 11.5 Å². The highest BCUT2D eigenvalue weighted by Gasteiger charge is 2.09. The van der Waals surface area contributed by atoms with E-state index >= 15 is 0 Å². The second kappa shape index (κ2) is 6.53. The van der Waals surface area contributed by atoms with Crippen molar-refractivity contribution in [1.29, 1.82) is 0 Å². The summed E-state index contributed by atoms with van der Waals surface area (Å²) in [5.41, 5.74) is 0.597. The average molecular weight is 299 g/mol. The third-order valence-corrected chi connectivity index (χ3v) is 2.98. The number of rotatable bonds is 5. The zero-order valence-corrected chi connectivity index (χ0v) is 11.7. The first-order valence-corrected chi connectivity index (χ1v) is 6.35. The second-order valence-electron chi connectivity index (χ2n) is 4.43. The van der Waals surface area contributed by atoms with Gasteiger partial charge in [-0.25, -0.2) is 0 Å². The summed E-state index contributed by atoms with van der Waals surface area (Å²) < 4.78 is 4.94. The van der Waals surface area contributed by atoms with Crippen LogP contribution in [0.3, 0.4) is 0 Å². The standard InChI is InChI=1S/C16H13NO5/c1-22-13-6-7-14(16(19)10-13)15(18)8-5-11-3-2-4-12(9-11)17(20)21/h2-10,19H,1H3. The number of phenolic OH excluding ortho intramolecular Hbond substituents is 1. The summed E-state index contributed by atoms with van der Waals surface area (Å²) in [6.07, 6.45) is 2.71. The molecule has 0 amide bonds. The summed E-state index contributed by atoms with van der Waals surface area (Å²) in [4.78, 5) is 22.2. The molecule has 0 bridgehead atoms. The third kappa shape index (κ3) is 3.49. The van der Waals surface area contributed by atoms with Gasteiger partial charge >= 0.3 is 0 Å². The average Bonchev–Trinajstić information content (AvgIpc) is 2.52. The van der Waals surface area contributed by atoms with Crippen molar-refractivity contribution >= 4 is 17.5 Å². The molecule has 0 atom stereocenters. The van der Waals surface area contributed by atoms with Crippen LogP contribution in [0, 0.1) is 10.1 Å². The third-order valence-electron chi connectivity index (χ3n) is 2.98. The Hall–Kier alpha value is -3.15. The zero-order chi connectivity index (χ0) is 16.1. The fraction of sp³-hybridized carbons (Fsp3) is 0.0625. The maximum atomic E-state index is 12.0. The van der Waals surface area contributed by atoms with Crippen LogP contribution in [-0.2, 0) is 0 Å². The molecular weight excluding hydrogens is 286 g/mol. The fourth-order valence-electron chi connectivity index (χ4n) is 1.85. The van der Waals surface area contributed by atoms with Gasteiger partial charge in [-0.1, -0.05) is 18.2 Å². The quantitative estimate of drug-likeness (QED) is 0.396. The second-order valence-corrected chi connectivity index (χ2v) is 4.43. The smallest absolute Gasteiger partial charge is 0.270 e. The van der Waals surface area contributed by atoms with Gasteiger partial charge in [-0.3, -0.25) is 14.9 Å². The molecule has 0 aromatic heterocycles. The SMILES string of the molecule is COc1ccc(C(=O)C=Cc2cccc([N+](=O)[O-])c2)c(O)c1. The molecule has 0 aliphatic carbocycles. The predicted molar refractivity (Wildman–Crippen MR) is 81.1 cm³/mol. The minimum absolute atomic E-state index is 0.0538. The molecule has 22 heavy (non-hydrogen) atoms. The lowest BCUT2D eigenvalue weighted by Gasteiger charge is -2.03. The molecule has 2 rings (SSSR count). The Kier molecular flexibility index (Phi) is 4.53. The molecule has 0 saturated heterocycles. The number of methoxy groups -OCH3 is 1. The van der Waals surface area contributed by atoms with E-state index in [1.807, 2.05) is 0 Å². The molecule has 0 heterocycles. The van der Waals surface area contributed by atoms with Gasteiger partial charge in [0, 0.05) is 18.2 Å². The molecule has 6 nitrogen and oxygen atoms in total. The number of nitro benzene ring substituents is 1. The van der Waals surface area contributed by atoms with E-state index in [4.69, 9.17) is 4.74 Å². The molecule has 2 aromatic rings. The number of hydrogen-bond donors (Lipinski definition) is 1. The Labute approximate surface area is 126 Å². The van der Waals surface area contributed by atoms with Crippen molar-refractivity contribution in [2.75, 3.05) is 7.11 Å². The number of ketones is 1. The normalized spacial score (nSPS) is 10.6. The van der Waals surface area contributed by atoms with Crippen molar-refractivity contribution in [3.8, 4) is 11.5 Å². The molecule has 0 radical (unpaired) electrons. The Bertz CT molecular complexity index is 752. The van der Waals surface area contributed by atoms with Gasteiger partial charge in [0.25, 0.3) is 5.69 Å². The Morgan fingerprint density at radius 2 is 2.05 bits per heavy atom. The Morgan fingerprint density at radius 1 is 1.27 bits per heavy atom. The number of benzene rings is 2. The summed E-state index contributed by atoms with van der Waals surface area (Å²) in [5, 5.41) is 20.5. The summed E-state index contributed by atoms with van der Waals surface area (Å²) in [7, 11) is 1.46. The van der Waals surface area contributed by atoms with E-state index in [9.17, 15) is 20.0 Å². The van der Waals surface area contributed by atoms with Crippen molar-refractivity contribution in [2.24, 2.45) is 0 Å². The largest absolute Gasteiger partial charge is 0.507 e. The van der Waals surface area contributed by atoms with Gasteiger partial charge in [-0.2, -0.15) is 0 Å². The van der Waals surface area contributed by atoms with Crippen LogP contribution >= 0.6 is 0 Å². The van der Waals surface area contributed by atoms with Gasteiger partial charge in [0.15, 0.2) is 5.78 Å². The highest BCUT2D eigenvalue weighted by atomic mass is 16.6. The van der Waals surface area contributed by atoms with Crippen LogP contribution in [0.1, 0.15) is 15.9 Å². The van der Waals surface area contributed by atoms with Crippen molar-refractivity contribution in [2.45, 2.75) is 0 Å². The monoisotopic (exact) mass is 299 g/mol. The number of nitrogens with zero attached hydrogens (tertiary/aromatic N) is 1. The van der Waals surface area contributed by atoms with Gasteiger partial charge in [-0.05, 0) is 23.8 Å². The van der Waals surface area contributed by atoms with Gasteiger partial charge < -0.3 is 9.84 Å². The molecule has 0 fully saturated rings. The maximum Gasteiger partial charge on any atom is 0.270 e. The number of carbonyl (C=O) groups is 1. The summed E-state index contributed by atoms with van der Waals surface area (Å²) in [6.45, 7) is 0. The molecule has 0 saturated carbocycles. The number of carbonyl (C=O) groups excluding carboxylic acids is 1. The molecule has 0 aliphatic heterocycles. The van der Waals surface area contributed by atoms with Crippen molar-refractivity contribution < 1.29 is 19.6 Å². The molecule has 0 unspecified atom stereocenters. The number of nitro groups is 1. The van der Waals surface area contributed by atoms with Crippen LogP contribution in [0.25, 0.3) is 6.08 Å². The van der Waals surface area contributed by atoms with E-state index in [2.05, 4.69) is 0 Å². The minimum Gasteiger partial charge on any atom is -0.507 e. The van der Waals surface area contributed by atoms with Crippen LogP contribution in [0.4, 0.5) is 5.69 Å². The predicted octanol–water partition coefficient (Wildman–Crippen LogP) is 3.21. The lowest BCUT2D eigenvalue weighted by atomic mass is 10.1. The first-order valence-electron chi connectivity index (χ1n) is 6.35. The number of non-ortho nitro benzene ring substituents is 1. The van der Waals surface area contributed by atoms with Crippen LogP contribution < -0.4 is 4.74 Å². The van der Waals surface area contributed by atoms with Crippen molar-refractivity contribution in [1.82, 2.24) is 0 Å². The number of ether oxygens (including phenoxy) is 1. The summed E-state index contributed by atoms with van der Waals surface area (Å²) in [6, 6.07) is 10.3. The number of allylic oxidation sites excluding steroid dienone is 1. The van der Waals surface area contributed by atoms with E-state index in [-0.39, 0.29) is 17.0 Å². The van der Waals surface area contributed by atoms with Gasteiger partial charge in [0.2, 0.25) is 0 Å². The van der Waals surface area contributed by atoms with Crippen LogP contribution in [0.2, 0.25) is 0 Å². The topological polar surface area (TPSA) is 89.7 Å². The fourth-order valence-corrected chi connectivity index (χ4v) is 1.85. The lowest BCUT2D eigenvalue weighted by molar-refractivity contribution is -0.384. The molecule has 0 aliphatic rings. The molecule has 112 valence electrons. The Morgan fingerprint density at radius 3 is 2.68 bits per heavy atom. The Balaban J connectivity index is 2.21. The van der Waals surface area contributed by atoms with Crippen molar-refractivity contribution in [3.63, 3.8) is 0 Å². The van der Waals surface area contributed by atoms with Crippen LogP contribution in [0.15, 0.2) is 48.5 Å². The first-order chi connectivity index (χ1) is 10.5. The van der Waals surface area contributed by atoms with Gasteiger partial charge in [0.1, 0.15) is 11.5 Å². The lowest BCUT2D eigenvalue weighted by Crippen LogP contribution is -1.95. The zero-order valence-electron chi connectivity index (χ0n) is 11.7.